The minimum absolute atomic E-state index is 0.159. The Bertz CT molecular complexity index is 782. The molecule has 1 unspecified atom stereocenters. The van der Waals surface area contributed by atoms with Gasteiger partial charge in [-0.1, -0.05) is 13.0 Å². The second-order valence-corrected chi connectivity index (χ2v) is 7.84. The molecule has 0 bridgehead atoms. The number of aromatic nitrogens is 3. The number of alkyl halides is 2. The molecule has 2 heterocycles. The molecule has 0 aliphatic heterocycles. The van der Waals surface area contributed by atoms with Gasteiger partial charge in [0.1, 0.15) is 12.0 Å². The average Bonchev–Trinajstić information content (AvgIpc) is 2.78. The Kier molecular flexibility index (Phi) is 8.30. The van der Waals surface area contributed by atoms with Gasteiger partial charge in [-0.3, -0.25) is 9.37 Å². The molecule has 30 heavy (non-hydrogen) atoms. The van der Waals surface area contributed by atoms with Gasteiger partial charge in [-0.05, 0) is 56.6 Å². The summed E-state index contributed by atoms with van der Waals surface area (Å²) >= 11 is 0. The van der Waals surface area contributed by atoms with Crippen molar-refractivity contribution in [3.05, 3.63) is 30.1 Å². The molecule has 0 saturated heterocycles. The van der Waals surface area contributed by atoms with E-state index in [1.165, 1.54) is 0 Å². The van der Waals surface area contributed by atoms with Crippen molar-refractivity contribution in [2.45, 2.75) is 70.2 Å². The van der Waals surface area contributed by atoms with E-state index in [2.05, 4.69) is 25.6 Å². The van der Waals surface area contributed by atoms with Crippen LogP contribution in [0.25, 0.3) is 11.3 Å². The van der Waals surface area contributed by atoms with Crippen molar-refractivity contribution in [1.82, 2.24) is 15.0 Å². The number of hydrogen-bond donors (Lipinski definition) is 3. The van der Waals surface area contributed by atoms with E-state index < -0.39 is 6.17 Å². The van der Waals surface area contributed by atoms with Crippen LogP contribution in [0.2, 0.25) is 0 Å². The van der Waals surface area contributed by atoms with Crippen LogP contribution in [0.1, 0.15) is 51.0 Å². The summed E-state index contributed by atoms with van der Waals surface area (Å²) in [6.07, 6.45) is 7.04. The molecule has 0 radical (unpaired) electrons. The maximum absolute atomic E-state index is 13.6. The van der Waals surface area contributed by atoms with E-state index in [0.717, 1.165) is 42.5 Å². The molecule has 0 spiro atoms. The van der Waals surface area contributed by atoms with E-state index in [-0.39, 0.29) is 25.4 Å². The lowest BCUT2D eigenvalue weighted by molar-refractivity contribution is 0.126. The van der Waals surface area contributed by atoms with Crippen LogP contribution in [0.15, 0.2) is 24.5 Å². The number of nitrogens with one attached hydrogen (secondary N) is 2. The maximum Gasteiger partial charge on any atom is 0.224 e. The number of pyridine rings is 1. The quantitative estimate of drug-likeness (QED) is 0.532. The molecule has 3 N–H and O–H groups in total. The van der Waals surface area contributed by atoms with Crippen molar-refractivity contribution < 1.29 is 13.9 Å². The number of aliphatic hydroxyl groups is 1. The predicted molar refractivity (Wildman–Crippen MR) is 115 cm³/mol. The lowest BCUT2D eigenvalue weighted by Crippen LogP contribution is -2.29. The van der Waals surface area contributed by atoms with Crippen molar-refractivity contribution >= 4 is 11.8 Å². The van der Waals surface area contributed by atoms with E-state index >= 15 is 0 Å². The van der Waals surface area contributed by atoms with E-state index in [1.807, 2.05) is 12.1 Å². The summed E-state index contributed by atoms with van der Waals surface area (Å²) in [7, 11) is 0. The normalized spacial score (nSPS) is 20.0. The highest BCUT2D eigenvalue weighted by Gasteiger charge is 2.21. The average molecular weight is 420 g/mol. The highest BCUT2D eigenvalue weighted by molar-refractivity contribution is 5.73. The van der Waals surface area contributed by atoms with Gasteiger partial charge in [0.15, 0.2) is 0 Å². The monoisotopic (exact) mass is 419 g/mol. The van der Waals surface area contributed by atoms with Gasteiger partial charge in [-0.2, -0.15) is 4.98 Å². The first-order valence-corrected chi connectivity index (χ1v) is 10.8. The standard InChI is InChI=1S/C22H31F2N5O/c1-2-16(24)13-26-22-27-14-19(20-10-5-15(12-25-20)4-3-11-23)21(29-22)28-17-6-8-18(30)9-7-17/h5,10,12,14,16-18,30H,2-4,6-9,11,13H2,1H3,(H2,26,27,28,29). The molecule has 6 nitrogen and oxygen atoms in total. The zero-order chi connectivity index (χ0) is 21.3. The number of anilines is 2. The predicted octanol–water partition coefficient (Wildman–Crippen LogP) is 4.32. The summed E-state index contributed by atoms with van der Waals surface area (Å²) in [6, 6.07) is 4.03. The summed E-state index contributed by atoms with van der Waals surface area (Å²) in [4.78, 5) is 13.5. The number of aryl methyl sites for hydroxylation is 1. The lowest BCUT2D eigenvalue weighted by Gasteiger charge is -2.27. The van der Waals surface area contributed by atoms with E-state index in [0.29, 0.717) is 31.0 Å². The van der Waals surface area contributed by atoms with Crippen molar-refractivity contribution in [1.29, 1.82) is 0 Å². The molecule has 2 aromatic rings. The van der Waals surface area contributed by atoms with E-state index in [4.69, 9.17) is 0 Å². The van der Waals surface area contributed by atoms with Gasteiger partial charge in [0.2, 0.25) is 5.95 Å². The third kappa shape index (κ3) is 6.32. The van der Waals surface area contributed by atoms with Crippen molar-refractivity contribution in [2.75, 3.05) is 23.9 Å². The Hall–Kier alpha value is -2.35. The molecule has 0 aromatic carbocycles. The molecule has 1 saturated carbocycles. The Morgan fingerprint density at radius 1 is 1.17 bits per heavy atom. The van der Waals surface area contributed by atoms with Crippen molar-refractivity contribution in [3.63, 3.8) is 0 Å². The molecule has 8 heteroatoms. The van der Waals surface area contributed by atoms with Crippen LogP contribution in [0.4, 0.5) is 20.5 Å². The highest BCUT2D eigenvalue weighted by atomic mass is 19.1. The first-order valence-electron chi connectivity index (χ1n) is 10.8. The number of rotatable bonds is 10. The summed E-state index contributed by atoms with van der Waals surface area (Å²) in [5, 5.41) is 16.2. The summed E-state index contributed by atoms with van der Waals surface area (Å²) in [5.41, 5.74) is 2.47. The van der Waals surface area contributed by atoms with Gasteiger partial charge < -0.3 is 15.7 Å². The molecule has 1 fully saturated rings. The number of nitrogens with zero attached hydrogens (tertiary/aromatic N) is 3. The Labute approximate surface area is 176 Å². The Balaban J connectivity index is 1.81. The van der Waals surface area contributed by atoms with Gasteiger partial charge in [-0.25, -0.2) is 9.37 Å². The lowest BCUT2D eigenvalue weighted by atomic mass is 9.93. The summed E-state index contributed by atoms with van der Waals surface area (Å²) in [5.74, 6) is 1.01. The molecular weight excluding hydrogens is 388 g/mol. The van der Waals surface area contributed by atoms with Gasteiger partial charge in [0.25, 0.3) is 0 Å². The fourth-order valence-corrected chi connectivity index (χ4v) is 3.53. The highest BCUT2D eigenvalue weighted by Crippen LogP contribution is 2.29. The summed E-state index contributed by atoms with van der Waals surface area (Å²) in [6.45, 7) is 1.61. The fraction of sp³-hybridized carbons (Fsp3) is 0.591. The molecule has 0 amide bonds. The number of aliphatic hydroxyl groups excluding tert-OH is 1. The Morgan fingerprint density at radius 3 is 2.63 bits per heavy atom. The van der Waals surface area contributed by atoms with Crippen LogP contribution in [-0.4, -0.2) is 51.6 Å². The SMILES string of the molecule is CCC(F)CNc1ncc(-c2ccc(CCCF)cn2)c(NC2CCC(O)CC2)n1. The number of hydrogen-bond acceptors (Lipinski definition) is 6. The van der Waals surface area contributed by atoms with E-state index in [1.54, 1.807) is 19.3 Å². The molecule has 2 aromatic heterocycles. The molecule has 1 aliphatic rings. The third-order valence-electron chi connectivity index (χ3n) is 5.45. The largest absolute Gasteiger partial charge is 0.393 e. The maximum atomic E-state index is 13.6. The van der Waals surface area contributed by atoms with Crippen LogP contribution >= 0.6 is 0 Å². The minimum Gasteiger partial charge on any atom is -0.393 e. The van der Waals surface area contributed by atoms with Gasteiger partial charge >= 0.3 is 0 Å². The second kappa shape index (κ2) is 11.2. The van der Waals surface area contributed by atoms with Crippen LogP contribution < -0.4 is 10.6 Å². The number of halogens is 2. The van der Waals surface area contributed by atoms with Crippen molar-refractivity contribution in [2.24, 2.45) is 0 Å². The first kappa shape index (κ1) is 22.3. The zero-order valence-corrected chi connectivity index (χ0v) is 17.5. The fourth-order valence-electron chi connectivity index (χ4n) is 3.53. The minimum atomic E-state index is -0.956. The molecular formula is C22H31F2N5O. The zero-order valence-electron chi connectivity index (χ0n) is 17.5. The van der Waals surface area contributed by atoms with Crippen LogP contribution in [-0.2, 0) is 6.42 Å². The van der Waals surface area contributed by atoms with Crippen LogP contribution in [0.3, 0.4) is 0 Å². The van der Waals surface area contributed by atoms with Gasteiger partial charge in [-0.15, -0.1) is 0 Å². The smallest absolute Gasteiger partial charge is 0.224 e. The molecule has 1 atom stereocenters. The molecule has 1 aliphatic carbocycles. The molecule has 164 valence electrons. The second-order valence-electron chi connectivity index (χ2n) is 7.84. The first-order chi connectivity index (χ1) is 14.6. The van der Waals surface area contributed by atoms with Crippen molar-refractivity contribution in [3.8, 4) is 11.3 Å². The summed E-state index contributed by atoms with van der Waals surface area (Å²) < 4.78 is 26.0. The van der Waals surface area contributed by atoms with Crippen LogP contribution in [0, 0.1) is 0 Å². The van der Waals surface area contributed by atoms with Gasteiger partial charge in [0.05, 0.1) is 24.0 Å². The van der Waals surface area contributed by atoms with Crippen LogP contribution in [0.5, 0.6) is 0 Å². The molecule has 3 rings (SSSR count). The van der Waals surface area contributed by atoms with Gasteiger partial charge in [0, 0.05) is 25.0 Å². The van der Waals surface area contributed by atoms with E-state index in [9.17, 15) is 13.9 Å². The Morgan fingerprint density at radius 2 is 1.97 bits per heavy atom. The third-order valence-corrected chi connectivity index (χ3v) is 5.45. The topological polar surface area (TPSA) is 83.0 Å².